The molecule has 132 valence electrons. The third-order valence-corrected chi connectivity index (χ3v) is 3.42. The van der Waals surface area contributed by atoms with Gasteiger partial charge in [0.25, 0.3) is 11.5 Å². The van der Waals surface area contributed by atoms with Crippen LogP contribution in [0.5, 0.6) is 5.75 Å². The van der Waals surface area contributed by atoms with Crippen molar-refractivity contribution in [2.45, 2.75) is 12.7 Å². The normalized spacial score (nSPS) is 11.2. The van der Waals surface area contributed by atoms with Gasteiger partial charge in [-0.1, -0.05) is 12.1 Å². The van der Waals surface area contributed by atoms with E-state index in [0.29, 0.717) is 17.9 Å². The highest BCUT2D eigenvalue weighted by Crippen LogP contribution is 2.28. The van der Waals surface area contributed by atoms with E-state index in [9.17, 15) is 27.6 Å². The number of Topliss-reactive ketones (excluding diaryl/α,β-unsaturated/α-hetero) is 1. The number of nitrogens with two attached hydrogens (primary N) is 1. The molecule has 9 heteroatoms. The fourth-order valence-corrected chi connectivity index (χ4v) is 2.20. The number of ketones is 1. The zero-order valence-electron chi connectivity index (χ0n) is 13.0. The second-order valence-electron chi connectivity index (χ2n) is 5.04. The number of aromatic nitrogens is 1. The summed E-state index contributed by atoms with van der Waals surface area (Å²) >= 11 is 0. The number of nitrogens with zero attached hydrogens (tertiary/aromatic N) is 1. The quantitative estimate of drug-likeness (QED) is 0.830. The summed E-state index contributed by atoms with van der Waals surface area (Å²) in [4.78, 5) is 35.6. The van der Waals surface area contributed by atoms with Crippen molar-refractivity contribution in [1.82, 2.24) is 4.57 Å². The van der Waals surface area contributed by atoms with Crippen molar-refractivity contribution in [2.75, 3.05) is 7.11 Å². The molecule has 2 aromatic rings. The van der Waals surface area contributed by atoms with Gasteiger partial charge in [-0.2, -0.15) is 13.2 Å². The summed E-state index contributed by atoms with van der Waals surface area (Å²) in [7, 11) is 1.37. The summed E-state index contributed by atoms with van der Waals surface area (Å²) in [5.74, 6) is -1.60. The zero-order chi connectivity index (χ0) is 18.8. The minimum Gasteiger partial charge on any atom is -0.497 e. The smallest absolute Gasteiger partial charge is 0.431 e. The third kappa shape index (κ3) is 3.87. The molecule has 0 radical (unpaired) electrons. The number of amides is 1. The van der Waals surface area contributed by atoms with Gasteiger partial charge in [-0.25, -0.2) is 0 Å². The van der Waals surface area contributed by atoms with E-state index in [2.05, 4.69) is 0 Å². The summed E-state index contributed by atoms with van der Waals surface area (Å²) < 4.78 is 44.5. The molecule has 0 atom stereocenters. The summed E-state index contributed by atoms with van der Waals surface area (Å²) in [5.41, 5.74) is 1.79. The number of hydrogen-bond donors (Lipinski definition) is 1. The lowest BCUT2D eigenvalue weighted by molar-refractivity contribution is -0.144. The fourth-order valence-electron chi connectivity index (χ4n) is 2.20. The van der Waals surface area contributed by atoms with Crippen LogP contribution in [-0.2, 0) is 12.7 Å². The highest BCUT2D eigenvalue weighted by Gasteiger charge is 2.35. The van der Waals surface area contributed by atoms with Gasteiger partial charge < -0.3 is 10.5 Å². The van der Waals surface area contributed by atoms with Crippen LogP contribution in [0.25, 0.3) is 0 Å². The molecule has 0 unspecified atom stereocenters. The molecule has 2 rings (SSSR count). The highest BCUT2D eigenvalue weighted by atomic mass is 19.4. The lowest BCUT2D eigenvalue weighted by atomic mass is 10.1. The van der Waals surface area contributed by atoms with Gasteiger partial charge in [0.05, 0.1) is 13.7 Å². The number of methoxy groups -OCH3 is 1. The lowest BCUT2D eigenvalue weighted by Gasteiger charge is -2.15. The van der Waals surface area contributed by atoms with Gasteiger partial charge in [0, 0.05) is 5.56 Å². The number of halogens is 3. The van der Waals surface area contributed by atoms with Gasteiger partial charge >= 0.3 is 6.18 Å². The third-order valence-electron chi connectivity index (χ3n) is 3.42. The molecule has 25 heavy (non-hydrogen) atoms. The Morgan fingerprint density at radius 2 is 1.88 bits per heavy atom. The van der Waals surface area contributed by atoms with Crippen LogP contribution in [0.3, 0.4) is 0 Å². The molecule has 1 amide bonds. The Labute approximate surface area is 139 Å². The Hall–Kier alpha value is -3.10. The van der Waals surface area contributed by atoms with Crippen molar-refractivity contribution in [3.8, 4) is 5.75 Å². The number of carbonyl (C=O) groups is 2. The van der Waals surface area contributed by atoms with Gasteiger partial charge in [0.2, 0.25) is 0 Å². The van der Waals surface area contributed by atoms with Crippen LogP contribution in [0.15, 0.2) is 41.2 Å². The van der Waals surface area contributed by atoms with E-state index >= 15 is 0 Å². The maximum absolute atomic E-state index is 13.1. The fraction of sp³-hybridized carbons (Fsp3) is 0.188. The first-order valence-corrected chi connectivity index (χ1v) is 6.93. The van der Waals surface area contributed by atoms with Gasteiger partial charge in [-0.05, 0) is 24.3 Å². The highest BCUT2D eigenvalue weighted by molar-refractivity contribution is 5.96. The number of benzene rings is 1. The second-order valence-corrected chi connectivity index (χ2v) is 5.04. The molecule has 1 aromatic carbocycles. The van der Waals surface area contributed by atoms with E-state index in [1.807, 2.05) is 0 Å². The average Bonchev–Trinajstić information content (AvgIpc) is 2.55. The molecule has 0 saturated carbocycles. The Morgan fingerprint density at radius 1 is 1.20 bits per heavy atom. The first-order chi connectivity index (χ1) is 11.6. The standard InChI is InChI=1S/C16H13F3N2O4/c1-25-10-4-2-3-9(7-10)12(22)8-21-13(16(17,18)19)6-5-11(14(20)23)15(21)24/h2-7H,8H2,1H3,(H2,20,23). The van der Waals surface area contributed by atoms with Crippen LogP contribution in [0.1, 0.15) is 26.4 Å². The van der Waals surface area contributed by atoms with Gasteiger partial charge in [0.1, 0.15) is 17.0 Å². The van der Waals surface area contributed by atoms with E-state index in [4.69, 9.17) is 10.5 Å². The maximum Gasteiger partial charge on any atom is 0.431 e. The predicted octanol–water partition coefficient (Wildman–Crippen LogP) is 1.86. The van der Waals surface area contributed by atoms with E-state index in [1.54, 1.807) is 6.07 Å². The van der Waals surface area contributed by atoms with Crippen molar-refractivity contribution >= 4 is 11.7 Å². The Bertz CT molecular complexity index is 888. The molecule has 0 spiro atoms. The number of hydrogen-bond acceptors (Lipinski definition) is 4. The van der Waals surface area contributed by atoms with Gasteiger partial charge in [0.15, 0.2) is 5.78 Å². The summed E-state index contributed by atoms with van der Waals surface area (Å²) in [6, 6.07) is 6.98. The maximum atomic E-state index is 13.1. The molecule has 0 bridgehead atoms. The average molecular weight is 354 g/mol. The van der Waals surface area contributed by atoms with Crippen LogP contribution in [0.4, 0.5) is 13.2 Å². The molecule has 1 heterocycles. The Kier molecular flexibility index (Phi) is 4.96. The molecule has 1 aromatic heterocycles. The first-order valence-electron chi connectivity index (χ1n) is 6.93. The van der Waals surface area contributed by atoms with Crippen molar-refractivity contribution in [1.29, 1.82) is 0 Å². The monoisotopic (exact) mass is 354 g/mol. The topological polar surface area (TPSA) is 91.4 Å². The van der Waals surface area contributed by atoms with Crippen LogP contribution in [0.2, 0.25) is 0 Å². The lowest BCUT2D eigenvalue weighted by Crippen LogP contribution is -2.35. The van der Waals surface area contributed by atoms with E-state index < -0.39 is 41.2 Å². The largest absolute Gasteiger partial charge is 0.497 e. The molecule has 0 aliphatic heterocycles. The number of rotatable bonds is 5. The number of ether oxygens (including phenoxy) is 1. The van der Waals surface area contributed by atoms with Crippen LogP contribution in [0, 0.1) is 0 Å². The van der Waals surface area contributed by atoms with Crippen molar-refractivity contribution in [3.05, 3.63) is 63.6 Å². The van der Waals surface area contributed by atoms with Gasteiger partial charge in [-0.3, -0.25) is 19.0 Å². The minimum absolute atomic E-state index is 0.0591. The van der Waals surface area contributed by atoms with Crippen molar-refractivity contribution in [3.63, 3.8) is 0 Å². The first kappa shape index (κ1) is 18.2. The molecule has 6 nitrogen and oxygen atoms in total. The van der Waals surface area contributed by atoms with Crippen LogP contribution in [-0.4, -0.2) is 23.4 Å². The molecular formula is C16H13F3N2O4. The summed E-state index contributed by atoms with van der Waals surface area (Å²) in [6.45, 7) is -0.901. The molecule has 0 aliphatic carbocycles. The van der Waals surface area contributed by atoms with Crippen molar-refractivity contribution in [2.24, 2.45) is 5.73 Å². The van der Waals surface area contributed by atoms with Gasteiger partial charge in [-0.15, -0.1) is 0 Å². The minimum atomic E-state index is -4.88. The van der Waals surface area contributed by atoms with Crippen LogP contribution < -0.4 is 16.0 Å². The number of pyridine rings is 1. The molecule has 0 saturated heterocycles. The molecule has 0 fully saturated rings. The molecule has 2 N–H and O–H groups in total. The zero-order valence-corrected chi connectivity index (χ0v) is 13.0. The summed E-state index contributed by atoms with van der Waals surface area (Å²) in [6.07, 6.45) is -4.88. The SMILES string of the molecule is COc1cccc(C(=O)Cn2c(C(F)(F)F)ccc(C(N)=O)c2=O)c1. The van der Waals surface area contributed by atoms with E-state index in [-0.39, 0.29) is 10.1 Å². The number of carbonyl (C=O) groups excluding carboxylic acids is 2. The predicted molar refractivity (Wildman–Crippen MR) is 81.5 cm³/mol. The Balaban J connectivity index is 2.53. The second kappa shape index (κ2) is 6.80. The Morgan fingerprint density at radius 3 is 2.44 bits per heavy atom. The van der Waals surface area contributed by atoms with E-state index in [1.165, 1.54) is 25.3 Å². The number of alkyl halides is 3. The van der Waals surface area contributed by atoms with Crippen LogP contribution >= 0.6 is 0 Å². The summed E-state index contributed by atoms with van der Waals surface area (Å²) in [5, 5.41) is 0. The van der Waals surface area contributed by atoms with E-state index in [0.717, 1.165) is 0 Å². The molecular weight excluding hydrogens is 341 g/mol. The van der Waals surface area contributed by atoms with Crippen molar-refractivity contribution < 1.29 is 27.5 Å². The molecule has 0 aliphatic rings. The number of primary amides is 1.